The first-order chi connectivity index (χ1) is 15.7. The van der Waals surface area contributed by atoms with Crippen molar-refractivity contribution in [1.29, 1.82) is 0 Å². The number of halogens is 1. The molecule has 0 saturated carbocycles. The van der Waals surface area contributed by atoms with Crippen molar-refractivity contribution in [3.63, 3.8) is 0 Å². The van der Waals surface area contributed by atoms with E-state index in [1.807, 2.05) is 0 Å². The summed E-state index contributed by atoms with van der Waals surface area (Å²) in [7, 11) is -4.10. The predicted octanol–water partition coefficient (Wildman–Crippen LogP) is 3.30. The molecule has 0 aliphatic heterocycles. The van der Waals surface area contributed by atoms with Crippen LogP contribution in [0.15, 0.2) is 82.8 Å². The molecule has 0 aromatic heterocycles. The van der Waals surface area contributed by atoms with Gasteiger partial charge in [-0.15, -0.1) is 0 Å². The topological polar surface area (TPSA) is 142 Å². The summed E-state index contributed by atoms with van der Waals surface area (Å²) in [5, 5.41) is 24.7. The van der Waals surface area contributed by atoms with E-state index >= 15 is 0 Å². The van der Waals surface area contributed by atoms with Crippen LogP contribution >= 0.6 is 11.6 Å². The summed E-state index contributed by atoms with van der Waals surface area (Å²) >= 11 is 5.89. The zero-order valence-corrected chi connectivity index (χ0v) is 18.4. The summed E-state index contributed by atoms with van der Waals surface area (Å²) in [6.07, 6.45) is 1.01. The van der Waals surface area contributed by atoms with Gasteiger partial charge in [-0.3, -0.25) is 19.2 Å². The Bertz CT molecular complexity index is 1300. The van der Waals surface area contributed by atoms with E-state index < -0.39 is 27.4 Å². The number of carbonyl (C=O) groups excluding carboxylic acids is 1. The molecule has 3 rings (SSSR count). The molecule has 33 heavy (non-hydrogen) atoms. The molecule has 0 heterocycles. The monoisotopic (exact) mass is 488 g/mol. The van der Waals surface area contributed by atoms with Crippen molar-refractivity contribution in [3.05, 3.63) is 93.5 Å². The largest absolute Gasteiger partial charge is 0.507 e. The van der Waals surface area contributed by atoms with Gasteiger partial charge in [0.05, 0.1) is 21.7 Å². The molecule has 0 bridgehead atoms. The van der Waals surface area contributed by atoms with Gasteiger partial charge in [-0.25, -0.2) is 13.8 Å². The van der Waals surface area contributed by atoms with Crippen LogP contribution in [-0.4, -0.2) is 37.1 Å². The van der Waals surface area contributed by atoms with E-state index in [1.165, 1.54) is 36.4 Å². The van der Waals surface area contributed by atoms with Crippen molar-refractivity contribution in [1.82, 2.24) is 5.43 Å². The van der Waals surface area contributed by atoms with Gasteiger partial charge in [0, 0.05) is 22.7 Å². The normalized spacial score (nSPS) is 11.3. The molecule has 170 valence electrons. The fourth-order valence-corrected chi connectivity index (χ4v) is 4.31. The minimum Gasteiger partial charge on any atom is -0.507 e. The maximum atomic E-state index is 13.2. The van der Waals surface area contributed by atoms with Crippen molar-refractivity contribution < 1.29 is 23.2 Å². The van der Waals surface area contributed by atoms with Crippen LogP contribution in [0, 0.1) is 10.1 Å². The number of benzene rings is 3. The Kier molecular flexibility index (Phi) is 7.26. The Hall–Kier alpha value is -3.96. The lowest BCUT2D eigenvalue weighted by molar-refractivity contribution is -0.384. The second-order valence-electron chi connectivity index (χ2n) is 6.59. The van der Waals surface area contributed by atoms with Crippen LogP contribution in [0.2, 0.25) is 5.02 Å². The molecule has 0 aliphatic rings. The van der Waals surface area contributed by atoms with Crippen LogP contribution in [0.3, 0.4) is 0 Å². The molecule has 0 spiro atoms. The van der Waals surface area contributed by atoms with E-state index in [9.17, 15) is 28.4 Å². The van der Waals surface area contributed by atoms with Gasteiger partial charge in [-0.2, -0.15) is 5.10 Å². The Morgan fingerprint density at radius 3 is 2.42 bits per heavy atom. The van der Waals surface area contributed by atoms with Crippen LogP contribution in [0.1, 0.15) is 5.56 Å². The molecule has 10 nitrogen and oxygen atoms in total. The lowest BCUT2D eigenvalue weighted by Crippen LogP contribution is -2.39. The van der Waals surface area contributed by atoms with Gasteiger partial charge >= 0.3 is 0 Å². The van der Waals surface area contributed by atoms with Gasteiger partial charge in [0.2, 0.25) is 0 Å². The average molecular weight is 489 g/mol. The molecular formula is C21H17ClN4O6S. The summed E-state index contributed by atoms with van der Waals surface area (Å²) in [5.41, 5.74) is 2.09. The molecule has 0 atom stereocenters. The predicted molar refractivity (Wildman–Crippen MR) is 123 cm³/mol. The highest BCUT2D eigenvalue weighted by Gasteiger charge is 2.27. The maximum absolute atomic E-state index is 13.2. The summed E-state index contributed by atoms with van der Waals surface area (Å²) in [6.45, 7) is -0.614. The summed E-state index contributed by atoms with van der Waals surface area (Å²) in [5.74, 6) is -1.07. The summed E-state index contributed by atoms with van der Waals surface area (Å²) in [4.78, 5) is 22.7. The number of nitrogens with one attached hydrogen (secondary N) is 1. The number of hydrogen-bond acceptors (Lipinski definition) is 7. The third kappa shape index (κ3) is 5.84. The first kappa shape index (κ1) is 23.7. The number of hydrogen-bond donors (Lipinski definition) is 2. The number of phenolic OH excluding ortho intramolecular Hbond substituents is 1. The number of phenols is 1. The second kappa shape index (κ2) is 10.1. The number of hydrazone groups is 1. The number of nitro groups is 1. The first-order valence-corrected chi connectivity index (χ1v) is 11.1. The number of carbonyl (C=O) groups is 1. The Morgan fingerprint density at radius 2 is 1.79 bits per heavy atom. The van der Waals surface area contributed by atoms with Crippen molar-refractivity contribution in [2.45, 2.75) is 4.90 Å². The fraction of sp³-hybridized carbons (Fsp3) is 0.0476. The standard InChI is InChI=1S/C21H17ClN4O6S/c22-16-6-8-17(9-7-16)25(33(31,32)19-4-2-1-3-5-19)14-21(28)24-23-13-15-12-18(26(29)30)10-11-20(15)27/h1-13,27H,14H2,(H,24,28)/b23-13+. The Morgan fingerprint density at radius 1 is 1.12 bits per heavy atom. The van der Waals surface area contributed by atoms with Crippen LogP contribution in [0.4, 0.5) is 11.4 Å². The van der Waals surface area contributed by atoms with Crippen LogP contribution in [0.5, 0.6) is 5.75 Å². The van der Waals surface area contributed by atoms with Crippen molar-refractivity contribution in [2.24, 2.45) is 5.10 Å². The molecule has 0 unspecified atom stereocenters. The molecule has 1 amide bonds. The van der Waals surface area contributed by atoms with Gasteiger partial charge < -0.3 is 5.11 Å². The SMILES string of the molecule is O=C(CN(c1ccc(Cl)cc1)S(=O)(=O)c1ccccc1)N/N=C/c1cc([N+](=O)[O-])ccc1O. The van der Waals surface area contributed by atoms with Crippen LogP contribution in [0.25, 0.3) is 0 Å². The van der Waals surface area contributed by atoms with E-state index in [0.717, 1.165) is 28.7 Å². The number of nitrogens with zero attached hydrogens (tertiary/aromatic N) is 3. The van der Waals surface area contributed by atoms with Gasteiger partial charge in [-0.1, -0.05) is 29.8 Å². The van der Waals surface area contributed by atoms with E-state index in [-0.39, 0.29) is 27.6 Å². The average Bonchev–Trinajstić information content (AvgIpc) is 2.80. The van der Waals surface area contributed by atoms with E-state index in [2.05, 4.69) is 10.5 Å². The first-order valence-electron chi connectivity index (χ1n) is 9.31. The zero-order valence-electron chi connectivity index (χ0n) is 16.8. The fourth-order valence-electron chi connectivity index (χ4n) is 2.74. The van der Waals surface area contributed by atoms with Crippen LogP contribution < -0.4 is 9.73 Å². The Balaban J connectivity index is 1.82. The number of aromatic hydroxyl groups is 1. The summed E-state index contributed by atoms with van der Waals surface area (Å²) < 4.78 is 27.2. The lowest BCUT2D eigenvalue weighted by atomic mass is 10.2. The molecule has 0 radical (unpaired) electrons. The van der Waals surface area contributed by atoms with E-state index in [0.29, 0.717) is 5.02 Å². The zero-order chi connectivity index (χ0) is 24.0. The van der Waals surface area contributed by atoms with Gasteiger partial charge in [0.25, 0.3) is 21.6 Å². The number of anilines is 1. The molecule has 3 aromatic rings. The van der Waals surface area contributed by atoms with Crippen molar-refractivity contribution in [2.75, 3.05) is 10.8 Å². The van der Waals surface area contributed by atoms with E-state index in [4.69, 9.17) is 11.6 Å². The number of rotatable bonds is 8. The quantitative estimate of drug-likeness (QED) is 0.283. The maximum Gasteiger partial charge on any atom is 0.270 e. The highest BCUT2D eigenvalue weighted by molar-refractivity contribution is 7.92. The minimum absolute atomic E-state index is 0.00374. The third-order valence-electron chi connectivity index (χ3n) is 4.35. The van der Waals surface area contributed by atoms with Gasteiger partial charge in [-0.05, 0) is 42.5 Å². The van der Waals surface area contributed by atoms with Gasteiger partial charge in [0.15, 0.2) is 0 Å². The molecule has 2 N–H and O–H groups in total. The van der Waals surface area contributed by atoms with Crippen molar-refractivity contribution in [3.8, 4) is 5.75 Å². The second-order valence-corrected chi connectivity index (χ2v) is 8.89. The van der Waals surface area contributed by atoms with Gasteiger partial charge in [0.1, 0.15) is 12.3 Å². The third-order valence-corrected chi connectivity index (χ3v) is 6.39. The number of sulfonamides is 1. The molecule has 3 aromatic carbocycles. The Labute approximate surface area is 193 Å². The smallest absolute Gasteiger partial charge is 0.270 e. The molecule has 0 fully saturated rings. The van der Waals surface area contributed by atoms with E-state index in [1.54, 1.807) is 18.2 Å². The number of amides is 1. The molecule has 12 heteroatoms. The molecular weight excluding hydrogens is 472 g/mol. The minimum atomic E-state index is -4.10. The number of nitro benzene ring substituents is 1. The highest BCUT2D eigenvalue weighted by Crippen LogP contribution is 2.25. The lowest BCUT2D eigenvalue weighted by Gasteiger charge is -2.23. The van der Waals surface area contributed by atoms with Crippen LogP contribution in [-0.2, 0) is 14.8 Å². The highest BCUT2D eigenvalue weighted by atomic mass is 35.5. The van der Waals surface area contributed by atoms with Crippen molar-refractivity contribution >= 4 is 45.1 Å². The molecule has 0 saturated heterocycles. The number of non-ortho nitro benzene ring substituents is 1. The molecule has 0 aliphatic carbocycles. The summed E-state index contributed by atoms with van der Waals surface area (Å²) in [6, 6.07) is 16.8.